The van der Waals surface area contributed by atoms with E-state index in [1.54, 1.807) is 7.11 Å². The maximum Gasteiger partial charge on any atom is 0.177 e. The number of fused-ring (bicyclic) bond motifs is 1. The lowest BCUT2D eigenvalue weighted by Gasteiger charge is -2.16. The highest BCUT2D eigenvalue weighted by Crippen LogP contribution is 2.30. The number of nitrogens with zero attached hydrogens (tertiary/aromatic N) is 5. The lowest BCUT2D eigenvalue weighted by atomic mass is 10.0. The number of rotatable bonds is 8. The standard InChI is InChI=1S/C22H32N6O/c1-7-15(12-29-6)28-22-20(14(5)27-28)26-21(17(8-2)25-22)16-9-10-18(13(3)4)24-19(16)11-23/h9-10,13,15H,7-8,11-12,23H2,1-6H3. The van der Waals surface area contributed by atoms with E-state index >= 15 is 0 Å². The molecule has 0 spiro atoms. The Morgan fingerprint density at radius 1 is 1.10 bits per heavy atom. The molecule has 0 fully saturated rings. The number of pyridine rings is 1. The van der Waals surface area contributed by atoms with Gasteiger partial charge in [-0.25, -0.2) is 14.6 Å². The first-order chi connectivity index (χ1) is 13.9. The first-order valence-electron chi connectivity index (χ1n) is 10.4. The molecule has 0 aliphatic heterocycles. The highest BCUT2D eigenvalue weighted by Gasteiger charge is 2.21. The van der Waals surface area contributed by atoms with Crippen molar-refractivity contribution < 1.29 is 4.74 Å². The Labute approximate surface area is 172 Å². The Bertz CT molecular complexity index is 995. The SMILES string of the molecule is CCc1nc2c(nc1-c1ccc(C(C)C)nc1CN)c(C)nn2C(CC)COC. The number of nitrogens with two attached hydrogens (primary N) is 1. The molecule has 0 aliphatic carbocycles. The zero-order chi connectivity index (χ0) is 21.1. The second-order valence-electron chi connectivity index (χ2n) is 7.68. The minimum Gasteiger partial charge on any atom is -0.382 e. The highest BCUT2D eigenvalue weighted by molar-refractivity contribution is 5.78. The van der Waals surface area contributed by atoms with E-state index in [0.29, 0.717) is 19.1 Å². The Morgan fingerprint density at radius 2 is 1.86 bits per heavy atom. The molecule has 0 saturated carbocycles. The first-order valence-corrected chi connectivity index (χ1v) is 10.4. The third kappa shape index (κ3) is 4.02. The smallest absolute Gasteiger partial charge is 0.177 e. The summed E-state index contributed by atoms with van der Waals surface area (Å²) < 4.78 is 7.35. The van der Waals surface area contributed by atoms with Crippen molar-refractivity contribution >= 4 is 11.2 Å². The van der Waals surface area contributed by atoms with Crippen molar-refractivity contribution in [2.24, 2.45) is 5.73 Å². The summed E-state index contributed by atoms with van der Waals surface area (Å²) in [5.74, 6) is 0.348. The molecule has 1 unspecified atom stereocenters. The van der Waals surface area contributed by atoms with Crippen molar-refractivity contribution in [1.82, 2.24) is 24.7 Å². The molecular weight excluding hydrogens is 364 g/mol. The van der Waals surface area contributed by atoms with Crippen LogP contribution in [0, 0.1) is 6.92 Å². The van der Waals surface area contributed by atoms with Gasteiger partial charge in [0.15, 0.2) is 5.65 Å². The van der Waals surface area contributed by atoms with Crippen LogP contribution < -0.4 is 5.73 Å². The van der Waals surface area contributed by atoms with E-state index in [9.17, 15) is 0 Å². The second-order valence-corrected chi connectivity index (χ2v) is 7.68. The second kappa shape index (κ2) is 8.97. The van der Waals surface area contributed by atoms with Crippen molar-refractivity contribution in [2.75, 3.05) is 13.7 Å². The van der Waals surface area contributed by atoms with Crippen LogP contribution in [0.3, 0.4) is 0 Å². The topological polar surface area (TPSA) is 91.7 Å². The molecule has 0 aromatic carbocycles. The molecule has 3 aromatic rings. The number of aromatic nitrogens is 5. The molecule has 29 heavy (non-hydrogen) atoms. The largest absolute Gasteiger partial charge is 0.382 e. The third-order valence-corrected chi connectivity index (χ3v) is 5.31. The molecule has 0 bridgehead atoms. The van der Waals surface area contributed by atoms with Gasteiger partial charge in [-0.3, -0.25) is 4.98 Å². The summed E-state index contributed by atoms with van der Waals surface area (Å²) in [7, 11) is 1.71. The van der Waals surface area contributed by atoms with Gasteiger partial charge in [-0.1, -0.05) is 27.7 Å². The molecule has 1 atom stereocenters. The van der Waals surface area contributed by atoms with Crippen LogP contribution in [-0.2, 0) is 17.7 Å². The van der Waals surface area contributed by atoms with Crippen LogP contribution in [0.4, 0.5) is 0 Å². The molecule has 7 heteroatoms. The molecule has 0 aliphatic rings. The predicted octanol–water partition coefficient (Wildman–Crippen LogP) is 3.94. The van der Waals surface area contributed by atoms with Gasteiger partial charge in [0.1, 0.15) is 5.52 Å². The van der Waals surface area contributed by atoms with Crippen LogP contribution in [0.5, 0.6) is 0 Å². The molecule has 0 saturated heterocycles. The molecule has 0 amide bonds. The first kappa shape index (κ1) is 21.3. The minimum atomic E-state index is 0.132. The van der Waals surface area contributed by atoms with Crippen LogP contribution in [0.1, 0.15) is 68.9 Å². The summed E-state index contributed by atoms with van der Waals surface area (Å²) in [5.41, 5.74) is 13.2. The normalized spacial score (nSPS) is 12.8. The van der Waals surface area contributed by atoms with E-state index in [4.69, 9.17) is 30.5 Å². The maximum atomic E-state index is 6.05. The van der Waals surface area contributed by atoms with E-state index in [-0.39, 0.29) is 6.04 Å². The van der Waals surface area contributed by atoms with E-state index in [1.165, 1.54) is 0 Å². The molecule has 7 nitrogen and oxygen atoms in total. The number of hydrogen-bond acceptors (Lipinski definition) is 6. The van der Waals surface area contributed by atoms with Crippen LogP contribution in [0.2, 0.25) is 0 Å². The molecule has 3 rings (SSSR count). The van der Waals surface area contributed by atoms with Gasteiger partial charge in [0.05, 0.1) is 35.4 Å². The maximum absolute atomic E-state index is 6.05. The summed E-state index contributed by atoms with van der Waals surface area (Å²) >= 11 is 0. The lowest BCUT2D eigenvalue weighted by Crippen LogP contribution is -2.16. The monoisotopic (exact) mass is 396 g/mol. The van der Waals surface area contributed by atoms with Gasteiger partial charge in [0.2, 0.25) is 0 Å². The van der Waals surface area contributed by atoms with E-state index in [0.717, 1.165) is 58.0 Å². The summed E-state index contributed by atoms with van der Waals surface area (Å²) in [6.45, 7) is 11.4. The van der Waals surface area contributed by atoms with Crippen molar-refractivity contribution in [2.45, 2.75) is 66.0 Å². The van der Waals surface area contributed by atoms with Gasteiger partial charge < -0.3 is 10.5 Å². The van der Waals surface area contributed by atoms with Gasteiger partial charge >= 0.3 is 0 Å². The quantitative estimate of drug-likeness (QED) is 0.620. The fourth-order valence-corrected chi connectivity index (χ4v) is 3.60. The van der Waals surface area contributed by atoms with Crippen molar-refractivity contribution in [3.63, 3.8) is 0 Å². The number of aryl methyl sites for hydroxylation is 2. The third-order valence-electron chi connectivity index (χ3n) is 5.31. The number of methoxy groups -OCH3 is 1. The molecule has 2 N–H and O–H groups in total. The zero-order valence-electron chi connectivity index (χ0n) is 18.4. The average Bonchev–Trinajstić information content (AvgIpc) is 3.05. The van der Waals surface area contributed by atoms with Crippen LogP contribution in [-0.4, -0.2) is 38.4 Å². The van der Waals surface area contributed by atoms with Gasteiger partial charge in [0, 0.05) is 24.9 Å². The molecule has 156 valence electrons. The molecule has 3 heterocycles. The average molecular weight is 397 g/mol. The molecule has 3 aromatic heterocycles. The molecular formula is C22H32N6O. The van der Waals surface area contributed by atoms with Gasteiger partial charge in [0.25, 0.3) is 0 Å². The summed E-state index contributed by atoms with van der Waals surface area (Å²) in [4.78, 5) is 14.8. The number of ether oxygens (including phenoxy) is 1. The lowest BCUT2D eigenvalue weighted by molar-refractivity contribution is 0.149. The fourth-order valence-electron chi connectivity index (χ4n) is 3.60. The van der Waals surface area contributed by atoms with E-state index < -0.39 is 0 Å². The Kier molecular flexibility index (Phi) is 6.59. The van der Waals surface area contributed by atoms with E-state index in [1.807, 2.05) is 11.6 Å². The van der Waals surface area contributed by atoms with Crippen LogP contribution in [0.15, 0.2) is 12.1 Å². The Hall–Kier alpha value is -2.38. The summed E-state index contributed by atoms with van der Waals surface area (Å²) in [6, 6.07) is 4.28. The van der Waals surface area contributed by atoms with Crippen molar-refractivity contribution in [3.05, 3.63) is 34.9 Å². The highest BCUT2D eigenvalue weighted by atomic mass is 16.5. The van der Waals surface area contributed by atoms with Crippen LogP contribution >= 0.6 is 0 Å². The van der Waals surface area contributed by atoms with E-state index in [2.05, 4.69) is 39.8 Å². The number of hydrogen-bond donors (Lipinski definition) is 1. The Morgan fingerprint density at radius 3 is 2.45 bits per heavy atom. The zero-order valence-corrected chi connectivity index (χ0v) is 18.4. The van der Waals surface area contributed by atoms with Gasteiger partial charge in [-0.2, -0.15) is 5.10 Å². The summed E-state index contributed by atoms with van der Waals surface area (Å²) in [6.07, 6.45) is 1.67. The summed E-state index contributed by atoms with van der Waals surface area (Å²) in [5, 5.41) is 4.74. The fraction of sp³-hybridized carbons (Fsp3) is 0.545. The predicted molar refractivity (Wildman–Crippen MR) is 116 cm³/mol. The van der Waals surface area contributed by atoms with Gasteiger partial charge in [-0.05, 0) is 37.8 Å². The van der Waals surface area contributed by atoms with Gasteiger partial charge in [-0.15, -0.1) is 0 Å². The Balaban J connectivity index is 2.21. The minimum absolute atomic E-state index is 0.132. The van der Waals surface area contributed by atoms with Crippen molar-refractivity contribution in [1.29, 1.82) is 0 Å². The van der Waals surface area contributed by atoms with Crippen LogP contribution in [0.25, 0.3) is 22.4 Å². The van der Waals surface area contributed by atoms with Crippen molar-refractivity contribution in [3.8, 4) is 11.3 Å². The molecule has 0 radical (unpaired) electrons.